The molecule has 0 spiro atoms. The molecule has 0 aromatic heterocycles. The van der Waals surface area contributed by atoms with Gasteiger partial charge in [-0.25, -0.2) is 4.79 Å². The van der Waals surface area contributed by atoms with Gasteiger partial charge in [-0.15, -0.1) is 0 Å². The van der Waals surface area contributed by atoms with E-state index in [9.17, 15) is 4.79 Å². The molecule has 0 saturated heterocycles. The first-order valence-corrected chi connectivity index (χ1v) is 7.63. The van der Waals surface area contributed by atoms with Crippen LogP contribution in [0.25, 0.3) is 0 Å². The summed E-state index contributed by atoms with van der Waals surface area (Å²) in [5.41, 5.74) is 1.83. The monoisotopic (exact) mass is 275 g/mol. The van der Waals surface area contributed by atoms with Crippen LogP contribution in [0, 0.1) is 5.92 Å². The van der Waals surface area contributed by atoms with Crippen molar-refractivity contribution in [2.24, 2.45) is 5.92 Å². The van der Waals surface area contributed by atoms with Crippen LogP contribution in [-0.4, -0.2) is 19.1 Å². The number of benzene rings is 1. The van der Waals surface area contributed by atoms with E-state index in [0.29, 0.717) is 11.6 Å². The van der Waals surface area contributed by atoms with Crippen molar-refractivity contribution >= 4 is 5.97 Å². The quantitative estimate of drug-likeness (QED) is 0.835. The summed E-state index contributed by atoms with van der Waals surface area (Å²) in [7, 11) is 1.41. The Morgan fingerprint density at radius 3 is 2.70 bits per heavy atom. The van der Waals surface area contributed by atoms with Gasteiger partial charge in [0.05, 0.1) is 12.7 Å². The highest BCUT2D eigenvalue weighted by atomic mass is 16.5. The fourth-order valence-electron chi connectivity index (χ4n) is 2.99. The molecule has 1 aliphatic rings. The van der Waals surface area contributed by atoms with Crippen LogP contribution in [0.5, 0.6) is 0 Å². The lowest BCUT2D eigenvalue weighted by atomic mass is 9.84. The molecule has 1 aromatic carbocycles. The molecule has 1 aliphatic carbocycles. The molecule has 3 nitrogen and oxygen atoms in total. The first-order valence-electron chi connectivity index (χ1n) is 7.63. The van der Waals surface area contributed by atoms with Crippen molar-refractivity contribution in [1.29, 1.82) is 0 Å². The second-order valence-corrected chi connectivity index (χ2v) is 5.71. The summed E-state index contributed by atoms with van der Waals surface area (Å²) in [5, 5.41) is 3.65. The zero-order valence-electron chi connectivity index (χ0n) is 12.5. The number of nitrogens with one attached hydrogen (secondary N) is 1. The first-order chi connectivity index (χ1) is 9.72. The second-order valence-electron chi connectivity index (χ2n) is 5.71. The SMILES string of the molecule is CCC1CCCC(NCc2ccc(C(=O)OC)cc2)C1. The number of rotatable bonds is 5. The van der Waals surface area contributed by atoms with Gasteiger partial charge >= 0.3 is 5.97 Å². The standard InChI is InChI=1S/C17H25NO2/c1-3-13-5-4-6-16(11-13)18-12-14-7-9-15(10-8-14)17(19)20-2/h7-10,13,16,18H,3-6,11-12H2,1-2H3. The van der Waals surface area contributed by atoms with Crippen molar-refractivity contribution in [2.45, 2.75) is 51.6 Å². The minimum absolute atomic E-state index is 0.275. The zero-order chi connectivity index (χ0) is 14.4. The summed E-state index contributed by atoms with van der Waals surface area (Å²) >= 11 is 0. The van der Waals surface area contributed by atoms with Crippen LogP contribution in [0.15, 0.2) is 24.3 Å². The normalized spacial score (nSPS) is 22.5. The lowest BCUT2D eigenvalue weighted by Gasteiger charge is -2.29. The summed E-state index contributed by atoms with van der Waals surface area (Å²) in [4.78, 5) is 11.4. The summed E-state index contributed by atoms with van der Waals surface area (Å²) in [6.07, 6.45) is 6.62. The third kappa shape index (κ3) is 4.07. The van der Waals surface area contributed by atoms with Crippen LogP contribution in [-0.2, 0) is 11.3 Å². The highest BCUT2D eigenvalue weighted by molar-refractivity contribution is 5.89. The number of carbonyl (C=O) groups excluding carboxylic acids is 1. The van der Waals surface area contributed by atoms with E-state index in [1.165, 1.54) is 44.8 Å². The fourth-order valence-corrected chi connectivity index (χ4v) is 2.99. The van der Waals surface area contributed by atoms with E-state index in [-0.39, 0.29) is 5.97 Å². The Balaban J connectivity index is 1.83. The maximum absolute atomic E-state index is 11.4. The third-order valence-corrected chi connectivity index (χ3v) is 4.33. The Kier molecular flexibility index (Phi) is 5.60. The predicted octanol–water partition coefficient (Wildman–Crippen LogP) is 3.53. The Morgan fingerprint density at radius 2 is 2.05 bits per heavy atom. The van der Waals surface area contributed by atoms with Crippen LogP contribution >= 0.6 is 0 Å². The summed E-state index contributed by atoms with van der Waals surface area (Å²) in [5.74, 6) is 0.616. The first kappa shape index (κ1) is 15.0. The Bertz CT molecular complexity index is 427. The molecule has 0 radical (unpaired) electrons. The number of hydrogen-bond donors (Lipinski definition) is 1. The predicted molar refractivity (Wildman–Crippen MR) is 80.7 cm³/mol. The minimum Gasteiger partial charge on any atom is -0.465 e. The van der Waals surface area contributed by atoms with E-state index in [0.717, 1.165) is 12.5 Å². The molecule has 2 atom stereocenters. The fraction of sp³-hybridized carbons (Fsp3) is 0.588. The van der Waals surface area contributed by atoms with E-state index in [1.807, 2.05) is 24.3 Å². The third-order valence-electron chi connectivity index (χ3n) is 4.33. The van der Waals surface area contributed by atoms with Crippen molar-refractivity contribution in [2.75, 3.05) is 7.11 Å². The van der Waals surface area contributed by atoms with Gasteiger partial charge in [0.1, 0.15) is 0 Å². The van der Waals surface area contributed by atoms with Crippen molar-refractivity contribution in [3.8, 4) is 0 Å². The molecule has 0 bridgehead atoms. The smallest absolute Gasteiger partial charge is 0.337 e. The second kappa shape index (κ2) is 7.44. The minimum atomic E-state index is -0.275. The topological polar surface area (TPSA) is 38.3 Å². The number of ether oxygens (including phenoxy) is 1. The van der Waals surface area contributed by atoms with Gasteiger partial charge in [0.15, 0.2) is 0 Å². The molecular weight excluding hydrogens is 250 g/mol. The van der Waals surface area contributed by atoms with Gasteiger partial charge < -0.3 is 10.1 Å². The van der Waals surface area contributed by atoms with Crippen molar-refractivity contribution in [3.05, 3.63) is 35.4 Å². The van der Waals surface area contributed by atoms with Crippen molar-refractivity contribution in [3.63, 3.8) is 0 Å². The van der Waals surface area contributed by atoms with E-state index >= 15 is 0 Å². The molecule has 20 heavy (non-hydrogen) atoms. The number of esters is 1. The molecule has 1 fully saturated rings. The zero-order valence-corrected chi connectivity index (χ0v) is 12.5. The molecule has 110 valence electrons. The highest BCUT2D eigenvalue weighted by Crippen LogP contribution is 2.26. The summed E-state index contributed by atoms with van der Waals surface area (Å²) in [6.45, 7) is 3.17. The van der Waals surface area contributed by atoms with Crippen LogP contribution in [0.4, 0.5) is 0 Å². The molecule has 2 rings (SSSR count). The van der Waals surface area contributed by atoms with Crippen LogP contribution in [0.2, 0.25) is 0 Å². The van der Waals surface area contributed by atoms with Crippen LogP contribution in [0.1, 0.15) is 54.9 Å². The van der Waals surface area contributed by atoms with Gasteiger partial charge in [-0.3, -0.25) is 0 Å². The van der Waals surface area contributed by atoms with Gasteiger partial charge in [0.25, 0.3) is 0 Å². The van der Waals surface area contributed by atoms with Crippen molar-refractivity contribution < 1.29 is 9.53 Å². The molecule has 0 heterocycles. The van der Waals surface area contributed by atoms with Gasteiger partial charge in [-0.1, -0.05) is 38.3 Å². The Hall–Kier alpha value is -1.35. The van der Waals surface area contributed by atoms with Gasteiger partial charge in [-0.05, 0) is 36.5 Å². The number of hydrogen-bond acceptors (Lipinski definition) is 3. The van der Waals surface area contributed by atoms with Crippen molar-refractivity contribution in [1.82, 2.24) is 5.32 Å². The maximum Gasteiger partial charge on any atom is 0.337 e. The Labute approximate surface area is 121 Å². The highest BCUT2D eigenvalue weighted by Gasteiger charge is 2.20. The average Bonchev–Trinajstić information content (AvgIpc) is 2.53. The summed E-state index contributed by atoms with van der Waals surface area (Å²) < 4.78 is 4.70. The maximum atomic E-state index is 11.4. The molecule has 0 aliphatic heterocycles. The summed E-state index contributed by atoms with van der Waals surface area (Å²) in [6, 6.07) is 8.31. The lowest BCUT2D eigenvalue weighted by Crippen LogP contribution is -2.33. The molecule has 1 aromatic rings. The largest absolute Gasteiger partial charge is 0.465 e. The lowest BCUT2D eigenvalue weighted by molar-refractivity contribution is 0.0600. The Morgan fingerprint density at radius 1 is 1.30 bits per heavy atom. The molecule has 3 heteroatoms. The average molecular weight is 275 g/mol. The number of carbonyl (C=O) groups is 1. The molecule has 0 amide bonds. The van der Waals surface area contributed by atoms with Crippen LogP contribution < -0.4 is 5.32 Å². The van der Waals surface area contributed by atoms with E-state index in [4.69, 9.17) is 4.74 Å². The van der Waals surface area contributed by atoms with Gasteiger partial charge in [-0.2, -0.15) is 0 Å². The van der Waals surface area contributed by atoms with Gasteiger partial charge in [0, 0.05) is 12.6 Å². The molecule has 2 unspecified atom stereocenters. The molecular formula is C17H25NO2. The van der Waals surface area contributed by atoms with E-state index in [2.05, 4.69) is 12.2 Å². The van der Waals surface area contributed by atoms with E-state index < -0.39 is 0 Å². The van der Waals surface area contributed by atoms with Crippen LogP contribution in [0.3, 0.4) is 0 Å². The molecule has 1 saturated carbocycles. The van der Waals surface area contributed by atoms with Gasteiger partial charge in [0.2, 0.25) is 0 Å². The van der Waals surface area contributed by atoms with E-state index in [1.54, 1.807) is 0 Å². The number of methoxy groups -OCH3 is 1. The molecule has 1 N–H and O–H groups in total.